The van der Waals surface area contributed by atoms with Crippen LogP contribution in [0.4, 0.5) is 5.95 Å². The maximum Gasteiger partial charge on any atom is 0.225 e. The number of halogens is 1. The van der Waals surface area contributed by atoms with Crippen LogP contribution in [0.5, 0.6) is 0 Å². The number of hydrogen-bond donors (Lipinski definition) is 2. The molecule has 2 aliphatic rings. The third-order valence-electron chi connectivity index (χ3n) is 4.90. The number of ether oxygens (including phenoxy) is 1. The maximum absolute atomic E-state index is 9.73. The molecule has 0 amide bonds. The number of nitrogens with zero attached hydrogens (tertiary/aromatic N) is 5. The molecule has 0 atom stereocenters. The molecule has 9 heteroatoms. The number of guanidine groups is 1. The maximum atomic E-state index is 9.73. The molecule has 2 saturated heterocycles. The minimum Gasteiger partial charge on any atom is -0.396 e. The summed E-state index contributed by atoms with van der Waals surface area (Å²) < 4.78 is 5.38. The molecule has 2 aliphatic heterocycles. The standard InChI is InChI=1S/C16H26N6O2.HI/c17-14(20-12-16(13-23)2-10-24-11-3-16)21-6-8-22(9-7-21)15-18-4-1-5-19-15;/h1,4-5,23H,2-3,6-13H2,(H2,17,20);1H. The van der Waals surface area contributed by atoms with Gasteiger partial charge in [0.1, 0.15) is 0 Å². The summed E-state index contributed by atoms with van der Waals surface area (Å²) >= 11 is 0. The Morgan fingerprint density at radius 3 is 2.44 bits per heavy atom. The van der Waals surface area contributed by atoms with Crippen molar-refractivity contribution < 1.29 is 9.84 Å². The molecule has 0 unspecified atom stereocenters. The van der Waals surface area contributed by atoms with Crippen LogP contribution < -0.4 is 10.6 Å². The van der Waals surface area contributed by atoms with Gasteiger partial charge in [0.15, 0.2) is 5.96 Å². The van der Waals surface area contributed by atoms with E-state index in [0.717, 1.165) is 45.0 Å². The first-order valence-corrected chi connectivity index (χ1v) is 8.48. The van der Waals surface area contributed by atoms with Gasteiger partial charge >= 0.3 is 0 Å². The summed E-state index contributed by atoms with van der Waals surface area (Å²) in [5.41, 5.74) is 6.00. The number of aliphatic hydroxyl groups is 1. The summed E-state index contributed by atoms with van der Waals surface area (Å²) in [6.45, 7) is 5.29. The monoisotopic (exact) mass is 462 g/mol. The van der Waals surface area contributed by atoms with E-state index in [1.807, 2.05) is 6.07 Å². The van der Waals surface area contributed by atoms with E-state index in [9.17, 15) is 5.11 Å². The Balaban J connectivity index is 0.00000225. The molecule has 25 heavy (non-hydrogen) atoms. The van der Waals surface area contributed by atoms with Crippen molar-refractivity contribution in [3.05, 3.63) is 18.5 Å². The van der Waals surface area contributed by atoms with E-state index in [-0.39, 0.29) is 36.0 Å². The molecule has 0 radical (unpaired) electrons. The van der Waals surface area contributed by atoms with Crippen LogP contribution in [0.15, 0.2) is 23.5 Å². The Bertz CT molecular complexity index is 545. The van der Waals surface area contributed by atoms with Crippen molar-refractivity contribution in [3.8, 4) is 0 Å². The molecule has 2 fully saturated rings. The lowest BCUT2D eigenvalue weighted by Gasteiger charge is -2.37. The molecule has 0 spiro atoms. The van der Waals surface area contributed by atoms with Gasteiger partial charge in [-0.2, -0.15) is 0 Å². The fourth-order valence-electron chi connectivity index (χ4n) is 3.11. The van der Waals surface area contributed by atoms with Crippen LogP contribution >= 0.6 is 24.0 Å². The van der Waals surface area contributed by atoms with Crippen molar-refractivity contribution >= 4 is 35.9 Å². The lowest BCUT2D eigenvalue weighted by Crippen LogP contribution is -2.52. The number of nitrogens with two attached hydrogens (primary N) is 1. The molecule has 0 saturated carbocycles. The summed E-state index contributed by atoms with van der Waals surface area (Å²) in [7, 11) is 0. The summed E-state index contributed by atoms with van der Waals surface area (Å²) in [6.07, 6.45) is 5.18. The van der Waals surface area contributed by atoms with Crippen LogP contribution in [0.25, 0.3) is 0 Å². The number of aromatic nitrogens is 2. The molecule has 0 aliphatic carbocycles. The first-order chi connectivity index (χ1) is 11.7. The van der Waals surface area contributed by atoms with Gasteiger partial charge in [-0.25, -0.2) is 9.97 Å². The summed E-state index contributed by atoms with van der Waals surface area (Å²) in [4.78, 5) is 17.4. The van der Waals surface area contributed by atoms with Gasteiger partial charge in [-0.05, 0) is 18.9 Å². The average Bonchev–Trinajstić information content (AvgIpc) is 2.68. The van der Waals surface area contributed by atoms with Crippen LogP contribution in [-0.2, 0) is 4.74 Å². The molecule has 3 N–H and O–H groups in total. The zero-order valence-electron chi connectivity index (χ0n) is 14.4. The Labute approximate surface area is 165 Å². The number of hydrogen-bond acceptors (Lipinski definition) is 6. The minimum atomic E-state index is -0.178. The molecule has 3 rings (SSSR count). The highest BCUT2D eigenvalue weighted by molar-refractivity contribution is 14.0. The van der Waals surface area contributed by atoms with Crippen LogP contribution in [0, 0.1) is 5.41 Å². The zero-order valence-corrected chi connectivity index (χ0v) is 16.7. The van der Waals surface area contributed by atoms with E-state index in [1.165, 1.54) is 0 Å². The van der Waals surface area contributed by atoms with Crippen molar-refractivity contribution in [2.75, 3.05) is 57.4 Å². The van der Waals surface area contributed by atoms with E-state index in [1.54, 1.807) is 12.4 Å². The zero-order chi connectivity index (χ0) is 16.8. The fourth-order valence-corrected chi connectivity index (χ4v) is 3.11. The second-order valence-electron chi connectivity index (χ2n) is 6.47. The largest absolute Gasteiger partial charge is 0.396 e. The molecular weight excluding hydrogens is 435 g/mol. The molecule has 0 bridgehead atoms. The number of rotatable bonds is 4. The van der Waals surface area contributed by atoms with Crippen LogP contribution in [-0.4, -0.2) is 78.5 Å². The van der Waals surface area contributed by atoms with E-state index < -0.39 is 0 Å². The minimum absolute atomic E-state index is 0. The molecule has 1 aromatic rings. The first kappa shape index (κ1) is 20.1. The summed E-state index contributed by atoms with van der Waals surface area (Å²) in [5.74, 6) is 1.32. The molecule has 1 aromatic heterocycles. The predicted molar refractivity (Wildman–Crippen MR) is 107 cm³/mol. The van der Waals surface area contributed by atoms with Gasteiger partial charge in [0.05, 0.1) is 13.2 Å². The normalized spacial score (nSPS) is 20.9. The number of aliphatic hydroxyl groups excluding tert-OH is 1. The third kappa shape index (κ3) is 5.14. The van der Waals surface area contributed by atoms with Crippen molar-refractivity contribution in [2.24, 2.45) is 16.1 Å². The Morgan fingerprint density at radius 1 is 1.20 bits per heavy atom. The molecular formula is C16H27IN6O2. The first-order valence-electron chi connectivity index (χ1n) is 8.48. The Morgan fingerprint density at radius 2 is 1.84 bits per heavy atom. The predicted octanol–water partition coefficient (Wildman–Crippen LogP) is 0.320. The highest BCUT2D eigenvalue weighted by atomic mass is 127. The van der Waals surface area contributed by atoms with Crippen molar-refractivity contribution in [1.82, 2.24) is 14.9 Å². The van der Waals surface area contributed by atoms with Gasteiger partial charge in [-0.3, -0.25) is 4.99 Å². The number of aliphatic imine (C=N–C) groups is 1. The van der Waals surface area contributed by atoms with Gasteiger partial charge < -0.3 is 25.4 Å². The second-order valence-corrected chi connectivity index (χ2v) is 6.47. The van der Waals surface area contributed by atoms with Crippen molar-refractivity contribution in [3.63, 3.8) is 0 Å². The second kappa shape index (κ2) is 9.48. The molecule has 3 heterocycles. The Kier molecular flexibility index (Phi) is 7.63. The highest BCUT2D eigenvalue weighted by Crippen LogP contribution is 2.30. The van der Waals surface area contributed by atoms with E-state index in [0.29, 0.717) is 25.7 Å². The number of piperazine rings is 1. The smallest absolute Gasteiger partial charge is 0.225 e. The van der Waals surface area contributed by atoms with Crippen LogP contribution in [0.2, 0.25) is 0 Å². The summed E-state index contributed by atoms with van der Waals surface area (Å²) in [5, 5.41) is 9.73. The van der Waals surface area contributed by atoms with Gasteiger partial charge in [0, 0.05) is 57.2 Å². The van der Waals surface area contributed by atoms with Crippen molar-refractivity contribution in [1.29, 1.82) is 0 Å². The van der Waals surface area contributed by atoms with Gasteiger partial charge in [-0.1, -0.05) is 0 Å². The van der Waals surface area contributed by atoms with Crippen LogP contribution in [0.3, 0.4) is 0 Å². The SMILES string of the molecule is I.NC(=NCC1(CO)CCOCC1)N1CCN(c2ncccn2)CC1. The lowest BCUT2D eigenvalue weighted by molar-refractivity contribution is -0.0106. The fraction of sp³-hybridized carbons (Fsp3) is 0.688. The third-order valence-corrected chi connectivity index (χ3v) is 4.90. The lowest BCUT2D eigenvalue weighted by atomic mass is 9.81. The Hall–Kier alpha value is -1.20. The van der Waals surface area contributed by atoms with Crippen molar-refractivity contribution in [2.45, 2.75) is 12.8 Å². The summed E-state index contributed by atoms with van der Waals surface area (Å²) in [6, 6.07) is 1.82. The van der Waals surface area contributed by atoms with E-state index in [4.69, 9.17) is 10.5 Å². The van der Waals surface area contributed by atoms with Gasteiger partial charge in [0.2, 0.25) is 5.95 Å². The molecule has 140 valence electrons. The molecule has 0 aromatic carbocycles. The van der Waals surface area contributed by atoms with Gasteiger partial charge in [-0.15, -0.1) is 24.0 Å². The average molecular weight is 462 g/mol. The highest BCUT2D eigenvalue weighted by Gasteiger charge is 2.32. The topological polar surface area (TPSA) is 100 Å². The van der Waals surface area contributed by atoms with Crippen LogP contribution in [0.1, 0.15) is 12.8 Å². The number of anilines is 1. The van der Waals surface area contributed by atoms with E-state index in [2.05, 4.69) is 24.8 Å². The molecule has 8 nitrogen and oxygen atoms in total. The van der Waals surface area contributed by atoms with E-state index >= 15 is 0 Å². The quantitative estimate of drug-likeness (QED) is 0.378. The van der Waals surface area contributed by atoms with Gasteiger partial charge in [0.25, 0.3) is 0 Å².